The van der Waals surface area contributed by atoms with Crippen LogP contribution < -0.4 is 80.4 Å². The van der Waals surface area contributed by atoms with Crippen molar-refractivity contribution in [2.45, 2.75) is 267 Å². The normalized spacial score (nSPS) is 18.7. The van der Waals surface area contributed by atoms with E-state index in [2.05, 4.69) is 63.5 Å². The lowest BCUT2D eigenvalue weighted by atomic mass is 9.72. The van der Waals surface area contributed by atoms with E-state index in [0.717, 1.165) is 16.5 Å². The molecule has 1 fully saturated rings. The van der Waals surface area contributed by atoms with Crippen LogP contribution in [0.3, 0.4) is 0 Å². The number of fused-ring (bicyclic) bond motifs is 4. The number of carboxylic acid groups (broad SMARTS) is 1. The van der Waals surface area contributed by atoms with Gasteiger partial charge in [-0.15, -0.1) is 0 Å². The predicted molar refractivity (Wildman–Crippen MR) is 491 cm³/mol. The van der Waals surface area contributed by atoms with Crippen LogP contribution in [0.2, 0.25) is 0 Å². The topological polar surface area (TPSA) is 686 Å². The molecular formula is C95H123N15O27. The first-order valence-corrected chi connectivity index (χ1v) is 45.5. The first kappa shape index (κ1) is 107. The number of aromatic hydroxyl groups is 3. The molecule has 740 valence electrons. The van der Waals surface area contributed by atoms with Gasteiger partial charge in [-0.25, -0.2) is 0 Å². The van der Waals surface area contributed by atoms with E-state index in [1.165, 1.54) is 70.3 Å². The lowest BCUT2D eigenvalue weighted by molar-refractivity contribution is -0.249. The van der Waals surface area contributed by atoms with Gasteiger partial charge in [0.15, 0.2) is 17.9 Å². The number of aliphatic hydroxyl groups excluding tert-OH is 2. The van der Waals surface area contributed by atoms with Crippen LogP contribution in [0, 0.1) is 5.92 Å². The number of methoxy groups -OCH3 is 1. The van der Waals surface area contributed by atoms with Gasteiger partial charge in [-0.05, 0) is 125 Å². The van der Waals surface area contributed by atoms with E-state index >= 15 is 0 Å². The average molecular weight is 1910 g/mol. The summed E-state index contributed by atoms with van der Waals surface area (Å²) in [4.78, 5) is 238. The highest BCUT2D eigenvalue weighted by Crippen LogP contribution is 2.53. The van der Waals surface area contributed by atoms with E-state index in [0.29, 0.717) is 24.0 Å². The number of hydrogen-bond donors (Lipinski definition) is 22. The number of primary amides is 2. The quantitative estimate of drug-likeness (QED) is 0.0178. The van der Waals surface area contributed by atoms with Crippen molar-refractivity contribution < 1.29 is 131 Å². The number of nitrogens with one attached hydrogen (secondary N) is 12. The molecule has 42 nitrogen and oxygen atoms in total. The number of benzene rings is 5. The summed E-state index contributed by atoms with van der Waals surface area (Å²) in [6.45, 7) is 8.06. The van der Waals surface area contributed by atoms with E-state index in [1.807, 2.05) is 31.2 Å². The van der Waals surface area contributed by atoms with Gasteiger partial charge in [0.25, 0.3) is 0 Å². The molecule has 9 rings (SSSR count). The third-order valence-electron chi connectivity index (χ3n) is 24.1. The molecule has 0 radical (unpaired) electrons. The number of amides is 13. The Bertz CT molecular complexity index is 5420. The highest BCUT2D eigenvalue weighted by molar-refractivity contribution is 6.31. The summed E-state index contributed by atoms with van der Waals surface area (Å²) in [5.41, 5.74) is 15.4. The maximum absolute atomic E-state index is 15.0. The molecule has 0 bridgehead atoms. The SMILES string of the molecule is CCCC[C@@H](NC(=O)[C@@H](N)Cc1c[nH]c2ccccc12)C(=O)N[C@@H](CCC(=O)O)C(=O)N[C@@H](C)C(=O)N[C@@H](C)C(=O)N[C@@H](Cc1ccc(O)cc1)C(=O)N[C@@H](CCC(N)=O)C(=O)N[C@H](CCCCNC(=O)CCCC(=O)N[C@H]1C[C@H](O[C@H]2C[C@](O)(C(=O)CO)Cc3c(O)c4c(c(O)c32)C(=O)c2c(OC)cccc2C4=O)O[C@@H](C)[C@H]1O)C(=O)N[C@@H](Cc1ccccc1)C(=O)N[C@@H](CC(C)C)C(N)=O. The number of hydrogen-bond acceptors (Lipinski definition) is 27. The Hall–Kier alpha value is -13.8. The molecular weight excluding hydrogens is 1780 g/mol. The highest BCUT2D eigenvalue weighted by atomic mass is 16.7. The summed E-state index contributed by atoms with van der Waals surface area (Å²) < 4.78 is 17.7. The third-order valence-corrected chi connectivity index (χ3v) is 24.1. The van der Waals surface area contributed by atoms with Gasteiger partial charge in [-0.3, -0.25) is 81.5 Å². The summed E-state index contributed by atoms with van der Waals surface area (Å²) >= 11 is 0. The van der Waals surface area contributed by atoms with Gasteiger partial charge in [0, 0.05) is 98.1 Å². The van der Waals surface area contributed by atoms with Crippen LogP contribution in [-0.4, -0.2) is 252 Å². The van der Waals surface area contributed by atoms with Crippen molar-refractivity contribution in [2.24, 2.45) is 23.1 Å². The molecule has 0 saturated carbocycles. The van der Waals surface area contributed by atoms with Crippen molar-refractivity contribution in [3.8, 4) is 23.0 Å². The minimum atomic E-state index is -2.48. The van der Waals surface area contributed by atoms with Crippen molar-refractivity contribution in [3.63, 3.8) is 0 Å². The Morgan fingerprint density at radius 3 is 1.70 bits per heavy atom. The molecule has 0 unspecified atom stereocenters. The number of aromatic nitrogens is 1. The van der Waals surface area contributed by atoms with E-state index in [4.69, 9.17) is 31.4 Å². The van der Waals surface area contributed by atoms with Crippen LogP contribution in [0.1, 0.15) is 210 Å². The summed E-state index contributed by atoms with van der Waals surface area (Å²) in [7, 11) is 1.26. The second-order valence-corrected chi connectivity index (χ2v) is 35.1. The Morgan fingerprint density at radius 2 is 1.10 bits per heavy atom. The maximum atomic E-state index is 15.0. The fourth-order valence-corrected chi connectivity index (χ4v) is 16.6. The van der Waals surface area contributed by atoms with E-state index < -0.39 is 265 Å². The molecule has 137 heavy (non-hydrogen) atoms. The van der Waals surface area contributed by atoms with Gasteiger partial charge in [0.05, 0.1) is 48.1 Å². The first-order chi connectivity index (χ1) is 65.0. The Balaban J connectivity index is 0.850. The van der Waals surface area contributed by atoms with Crippen LogP contribution in [0.5, 0.6) is 23.0 Å². The molecule has 16 atom stereocenters. The number of nitrogens with two attached hydrogens (primary N) is 3. The van der Waals surface area contributed by atoms with E-state index in [1.54, 1.807) is 50.4 Å². The number of ether oxygens (including phenoxy) is 3. The minimum Gasteiger partial charge on any atom is -0.508 e. The third kappa shape index (κ3) is 29.1. The van der Waals surface area contributed by atoms with Crippen LogP contribution in [-0.2, 0) is 107 Å². The van der Waals surface area contributed by atoms with E-state index in [-0.39, 0.29) is 123 Å². The fourth-order valence-electron chi connectivity index (χ4n) is 16.6. The molecule has 3 aliphatic rings. The number of phenolic OH excluding ortho intramolecular Hbond substituents is 3. The van der Waals surface area contributed by atoms with Crippen molar-refractivity contribution in [2.75, 3.05) is 20.3 Å². The number of aliphatic hydroxyl groups is 3. The monoisotopic (exact) mass is 1910 g/mol. The minimum absolute atomic E-state index is 0.0177. The number of Topliss-reactive ketones (excluding diaryl/α,β-unsaturated/α-hetero) is 1. The lowest BCUT2D eigenvalue weighted by Crippen LogP contribution is -2.60. The number of unbranched alkanes of at least 4 members (excludes halogenated alkanes) is 2. The number of ketones is 3. The van der Waals surface area contributed by atoms with Gasteiger partial charge in [-0.1, -0.05) is 106 Å². The van der Waals surface area contributed by atoms with Crippen LogP contribution in [0.25, 0.3) is 10.9 Å². The molecule has 2 heterocycles. The number of carbonyl (C=O) groups excluding carboxylic acids is 16. The number of aliphatic carboxylic acids is 1. The number of phenols is 3. The van der Waals surface area contributed by atoms with Crippen molar-refractivity contribution >= 4 is 111 Å². The number of para-hydroxylation sites is 1. The van der Waals surface area contributed by atoms with Crippen molar-refractivity contribution in [1.82, 2.24) is 63.5 Å². The molecule has 6 aromatic rings. The lowest BCUT2D eigenvalue weighted by Gasteiger charge is -2.43. The molecule has 42 heteroatoms. The number of rotatable bonds is 51. The number of carboxylic acids is 1. The second kappa shape index (κ2) is 49.6. The van der Waals surface area contributed by atoms with Gasteiger partial charge in [0.1, 0.15) is 95.7 Å². The van der Waals surface area contributed by atoms with Crippen molar-refractivity contribution in [1.29, 1.82) is 0 Å². The molecule has 2 aliphatic carbocycles. The first-order valence-electron chi connectivity index (χ1n) is 45.5. The molecule has 1 aromatic heterocycles. The van der Waals surface area contributed by atoms with Gasteiger partial charge in [-0.2, -0.15) is 0 Å². The largest absolute Gasteiger partial charge is 0.508 e. The molecule has 1 aliphatic heterocycles. The smallest absolute Gasteiger partial charge is 0.303 e. The summed E-state index contributed by atoms with van der Waals surface area (Å²) in [6, 6.07) is 9.48. The van der Waals surface area contributed by atoms with Gasteiger partial charge >= 0.3 is 5.97 Å². The Kier molecular flexibility index (Phi) is 38.7. The molecule has 1 saturated heterocycles. The zero-order valence-electron chi connectivity index (χ0n) is 77.1. The predicted octanol–water partition coefficient (Wildman–Crippen LogP) is 0.113. The molecule has 0 spiro atoms. The Morgan fingerprint density at radius 1 is 0.569 bits per heavy atom. The van der Waals surface area contributed by atoms with Crippen LogP contribution in [0.4, 0.5) is 0 Å². The highest BCUT2D eigenvalue weighted by Gasteiger charge is 2.51. The van der Waals surface area contributed by atoms with Crippen molar-refractivity contribution in [3.05, 3.63) is 153 Å². The van der Waals surface area contributed by atoms with Gasteiger partial charge in [0.2, 0.25) is 82.6 Å². The molecule has 25 N–H and O–H groups in total. The maximum Gasteiger partial charge on any atom is 0.303 e. The standard InChI is InChI=1S/C95H123N15O27/c1-8-9-23-60(104-88(127)58(96)41-53-45-100-59-24-14-13-21-55(53)59)90(129)106-63(34-36-74(117)118)89(128)102-48(4)86(125)101-49(5)87(126)109-66(40-52-29-31-54(112)32-30-52)93(132)107-62(33-35-71(97)114)92(131)105-61(91(130)110-67(39-51-19-11-10-12-20-51)94(133)108-65(85(98)124)38-47(2)3)25-15-16-37-99-72(115)27-18-28-73(116)103-64-42-75(136-50(6)80(64)119)137-69-44-95(134,70(113)46-111)43-57-77(69)84(123)79-78(82(57)121)81(120)56-22-17-26-68(135-7)76(56)83(79)122/h10-14,17,19-22,24,26,29-32,45,47-50,58,60-67,69,75,80,100,111-112,119,121,123,134H,8-9,15-16,18,23,25,27-28,33-44,46,96H2,1-7H3,(H2,97,114)(H2,98,124)(H,99,115)(H,101,125)(H,102,128)(H,103,116)(H,104,127)(H,105,131)(H,106,129)(H,107,132)(H,108,133)(H,109,126)(H,110,130)(H,117,118)/t48-,49-,50-,58-,60+,61+,62-,63-,64-,65-,66-,67-,69-,75-,80+,95-/m0/s1. The van der Waals surface area contributed by atoms with Gasteiger partial charge < -0.3 is 131 Å². The number of aromatic amines is 1. The fraction of sp³-hybridized carbons (Fsp3) is 0.484. The molecule has 13 amide bonds. The Labute approximate surface area is 788 Å². The average Bonchev–Trinajstić information content (AvgIpc) is 1.28. The second-order valence-electron chi connectivity index (χ2n) is 35.1. The zero-order chi connectivity index (χ0) is 100. The summed E-state index contributed by atoms with van der Waals surface area (Å²) in [5.74, 6) is -17.9. The summed E-state index contributed by atoms with van der Waals surface area (Å²) in [5, 5.41) is 106. The van der Waals surface area contributed by atoms with Crippen LogP contribution in [0.15, 0.2) is 103 Å². The number of carbonyl (C=O) groups is 17. The zero-order valence-corrected chi connectivity index (χ0v) is 77.1. The molecule has 5 aromatic carbocycles. The van der Waals surface area contributed by atoms with Crippen LogP contribution >= 0.6 is 0 Å². The van der Waals surface area contributed by atoms with E-state index in [9.17, 15) is 117 Å². The summed E-state index contributed by atoms with van der Waals surface area (Å²) in [6.07, 6.45) is -7.72. The number of H-pyrrole nitrogens is 1.